The molecule has 0 amide bonds. The van der Waals surface area contributed by atoms with Gasteiger partial charge >= 0.3 is 29.5 Å². The topological polar surface area (TPSA) is 110 Å². The van der Waals surface area contributed by atoms with E-state index >= 15 is 0 Å². The van der Waals surface area contributed by atoms with Crippen LogP contribution in [0.4, 0.5) is 0 Å². The van der Waals surface area contributed by atoms with Crippen molar-refractivity contribution >= 4 is 9.90 Å². The molecule has 0 aromatic rings. The third-order valence-electron chi connectivity index (χ3n) is 0. The zero-order valence-corrected chi connectivity index (χ0v) is 6.22. The Hall–Kier alpha value is 0.442. The summed E-state index contributed by atoms with van der Waals surface area (Å²) in [6, 6.07) is 0. The van der Waals surface area contributed by atoms with E-state index in [2.05, 4.69) is 0 Å². The van der Waals surface area contributed by atoms with Crippen molar-refractivity contribution in [3.05, 3.63) is 0 Å². The van der Waals surface area contributed by atoms with E-state index in [1.54, 1.807) is 0 Å². The Morgan fingerprint density at radius 1 is 1.14 bits per heavy atom. The van der Waals surface area contributed by atoms with E-state index in [-0.39, 0.29) is 16.0 Å². The van der Waals surface area contributed by atoms with Gasteiger partial charge < -0.3 is 6.15 Å². The molecule has 1 unspecified atom stereocenters. The predicted molar refractivity (Wildman–Crippen MR) is 21.9 cm³/mol. The molecular formula is H8CrNO4P. The van der Waals surface area contributed by atoms with Crippen LogP contribution in [0.15, 0.2) is 0 Å². The van der Waals surface area contributed by atoms with Gasteiger partial charge in [-0.3, -0.25) is 0 Å². The van der Waals surface area contributed by atoms with Crippen LogP contribution in [0.2, 0.25) is 0 Å². The summed E-state index contributed by atoms with van der Waals surface area (Å²) in [7, 11) is 0. The molecule has 0 rings (SSSR count). The quantitative estimate of drug-likeness (QED) is 0.397. The summed E-state index contributed by atoms with van der Waals surface area (Å²) >= 11 is -5.25. The van der Waals surface area contributed by atoms with Gasteiger partial charge in [0.05, 0.1) is 0 Å². The van der Waals surface area contributed by atoms with Crippen LogP contribution in [0.1, 0.15) is 0 Å². The first kappa shape index (κ1) is 15.7. The Bertz CT molecular complexity index is 94.9. The molecule has 0 fully saturated rings. The first-order chi connectivity index (χ1) is 2.00. The van der Waals surface area contributed by atoms with Crippen LogP contribution >= 0.6 is 9.90 Å². The van der Waals surface area contributed by atoms with Gasteiger partial charge in [-0.15, -0.1) is 0 Å². The molecule has 0 saturated heterocycles. The van der Waals surface area contributed by atoms with Gasteiger partial charge in [0.25, 0.3) is 0 Å². The summed E-state index contributed by atoms with van der Waals surface area (Å²) in [6.45, 7) is 0. The van der Waals surface area contributed by atoms with Crippen molar-refractivity contribution in [1.29, 1.82) is 0 Å². The molecule has 0 aliphatic heterocycles. The average molecular weight is 169 g/mol. The Labute approximate surface area is 46.3 Å². The van der Waals surface area contributed by atoms with Crippen LogP contribution in [0.25, 0.3) is 0 Å². The van der Waals surface area contributed by atoms with Gasteiger partial charge in [-0.2, -0.15) is 9.90 Å². The monoisotopic (exact) mass is 169 g/mol. The van der Waals surface area contributed by atoms with Gasteiger partial charge in [-0.05, 0) is 0 Å². The van der Waals surface area contributed by atoms with Crippen LogP contribution in [-0.2, 0) is 21.2 Å². The van der Waals surface area contributed by atoms with Gasteiger partial charge in [-0.1, -0.05) is 0 Å². The third-order valence-corrected chi connectivity index (χ3v) is 0. The minimum atomic E-state index is -5.25. The summed E-state index contributed by atoms with van der Waals surface area (Å²) in [4.78, 5) is 0. The van der Waals surface area contributed by atoms with Crippen molar-refractivity contribution in [2.75, 3.05) is 0 Å². The first-order valence-electron chi connectivity index (χ1n) is 0.698. The summed E-state index contributed by atoms with van der Waals surface area (Å²) in [5.74, 6) is 0. The molecule has 0 aromatic carbocycles. The van der Waals surface area contributed by atoms with Gasteiger partial charge in [0.1, 0.15) is 0 Å². The summed E-state index contributed by atoms with van der Waals surface area (Å²) in [5.41, 5.74) is 0. The van der Waals surface area contributed by atoms with Crippen molar-refractivity contribution < 1.29 is 29.5 Å². The molecule has 5 nitrogen and oxygen atoms in total. The fourth-order valence-electron chi connectivity index (χ4n) is 0. The molecule has 0 spiro atoms. The number of hydrogen-bond donors (Lipinski definition) is 3. The van der Waals surface area contributed by atoms with Crippen LogP contribution in [-0.4, -0.2) is 8.32 Å². The molecule has 0 aliphatic rings. The second kappa shape index (κ2) is 4.60. The van der Waals surface area contributed by atoms with E-state index in [1.807, 2.05) is 0 Å². The zero-order chi connectivity index (χ0) is 4.50. The summed E-state index contributed by atoms with van der Waals surface area (Å²) in [6.07, 6.45) is 0. The molecule has 48 valence electrons. The van der Waals surface area contributed by atoms with E-state index in [0.717, 1.165) is 0 Å². The molecule has 7 heavy (non-hydrogen) atoms. The van der Waals surface area contributed by atoms with Gasteiger partial charge in [0.15, 0.2) is 0 Å². The Morgan fingerprint density at radius 2 is 1.14 bits per heavy atom. The van der Waals surface area contributed by atoms with Crippen molar-refractivity contribution in [3.63, 3.8) is 0 Å². The second-order valence-corrected chi connectivity index (χ2v) is 1.85. The van der Waals surface area contributed by atoms with Crippen LogP contribution in [0.3, 0.4) is 0 Å². The minimum absolute atomic E-state index is 0. The van der Waals surface area contributed by atoms with Gasteiger partial charge in [0, 0.05) is 0 Å². The Morgan fingerprint density at radius 3 is 1.14 bits per heavy atom. The fourth-order valence-corrected chi connectivity index (χ4v) is 0. The van der Waals surface area contributed by atoms with E-state index in [0.29, 0.717) is 0 Å². The molecule has 0 radical (unpaired) electrons. The van der Waals surface area contributed by atoms with Gasteiger partial charge in [-0.25, -0.2) is 0 Å². The fraction of sp³-hybridized carbons (Fsp3) is 0. The zero-order valence-electron chi connectivity index (χ0n) is 3.53. The van der Waals surface area contributed by atoms with E-state index in [1.165, 1.54) is 0 Å². The average Bonchev–Trinajstić information content (AvgIpc) is 0.722. The van der Waals surface area contributed by atoms with Crippen molar-refractivity contribution in [2.24, 2.45) is 0 Å². The molecule has 1 atom stereocenters. The van der Waals surface area contributed by atoms with Crippen molar-refractivity contribution in [3.8, 4) is 0 Å². The van der Waals surface area contributed by atoms with E-state index in [9.17, 15) is 0 Å². The van der Waals surface area contributed by atoms with Crippen molar-refractivity contribution in [2.45, 2.75) is 0 Å². The standard InChI is InChI=1S/Cr.H3N.2H2O.2O.H3P/h;1H3;2*1H2;;;1H3/q+2;;;;;;/p-2. The summed E-state index contributed by atoms with van der Waals surface area (Å²) in [5, 5.41) is 0. The van der Waals surface area contributed by atoms with E-state index < -0.39 is 13.6 Å². The predicted octanol–water partition coefficient (Wildman–Crippen LogP) is -1.13. The molecular weight excluding hydrogens is 161 g/mol. The maximum absolute atomic E-state index is 8.82. The first-order valence-corrected chi connectivity index (χ1v) is 2.88. The maximum atomic E-state index is 8.82. The molecule has 0 heterocycles. The number of rotatable bonds is 0. The molecule has 7 heteroatoms. The van der Waals surface area contributed by atoms with Crippen LogP contribution in [0.5, 0.6) is 0 Å². The Balaban J connectivity index is -0.0000000800. The Kier molecular flexibility index (Phi) is 10.3. The van der Waals surface area contributed by atoms with E-state index in [4.69, 9.17) is 15.9 Å². The van der Waals surface area contributed by atoms with Gasteiger partial charge in [0.2, 0.25) is 0 Å². The number of hydrogen-bond acceptors (Lipinski definition) is 3. The SMILES string of the molecule is N.P.[O]=[Cr](=[O])([OH])[OH]. The molecule has 0 saturated carbocycles. The van der Waals surface area contributed by atoms with Crippen LogP contribution in [0, 0.1) is 0 Å². The molecule has 0 aliphatic carbocycles. The van der Waals surface area contributed by atoms with Crippen LogP contribution < -0.4 is 6.15 Å². The third kappa shape index (κ3) is 649. The second-order valence-electron chi connectivity index (χ2n) is 0.448. The summed E-state index contributed by atoms with van der Waals surface area (Å²) < 4.78 is 31.9. The van der Waals surface area contributed by atoms with Crippen molar-refractivity contribution in [1.82, 2.24) is 6.15 Å². The molecule has 0 aromatic heterocycles. The normalized spacial score (nSPS) is 8.29. The molecule has 5 N–H and O–H groups in total. The molecule has 0 bridgehead atoms.